The highest BCUT2D eigenvalue weighted by atomic mass is 16.6. The lowest BCUT2D eigenvalue weighted by molar-refractivity contribution is -0.128. The molecular formula is C21H24N2O6. The van der Waals surface area contributed by atoms with E-state index in [-0.39, 0.29) is 11.5 Å². The second-order valence-corrected chi connectivity index (χ2v) is 7.54. The third-order valence-corrected chi connectivity index (χ3v) is 3.76. The summed E-state index contributed by atoms with van der Waals surface area (Å²) in [6, 6.07) is 9.05. The average molecular weight is 400 g/mol. The van der Waals surface area contributed by atoms with Crippen molar-refractivity contribution in [3.63, 3.8) is 0 Å². The number of furan rings is 1. The Morgan fingerprint density at radius 1 is 1.00 bits per heavy atom. The first-order chi connectivity index (χ1) is 13.5. The lowest BCUT2D eigenvalue weighted by Gasteiger charge is -2.21. The molecule has 1 heterocycles. The molecule has 0 aliphatic heterocycles. The number of ether oxygens (including phenoxy) is 1. The van der Waals surface area contributed by atoms with Crippen molar-refractivity contribution in [1.29, 1.82) is 0 Å². The van der Waals surface area contributed by atoms with E-state index in [2.05, 4.69) is 10.6 Å². The van der Waals surface area contributed by atoms with Gasteiger partial charge in [-0.2, -0.15) is 0 Å². The van der Waals surface area contributed by atoms with Crippen molar-refractivity contribution >= 4 is 23.7 Å². The summed E-state index contributed by atoms with van der Waals surface area (Å²) in [5.74, 6) is -1.32. The minimum absolute atomic E-state index is 0.0521. The van der Waals surface area contributed by atoms with Gasteiger partial charge in [0.1, 0.15) is 5.76 Å². The van der Waals surface area contributed by atoms with E-state index in [0.29, 0.717) is 16.9 Å². The first-order valence-electron chi connectivity index (χ1n) is 9.01. The van der Waals surface area contributed by atoms with E-state index >= 15 is 0 Å². The van der Waals surface area contributed by atoms with Crippen molar-refractivity contribution in [1.82, 2.24) is 10.6 Å². The van der Waals surface area contributed by atoms with Crippen LogP contribution in [0.1, 0.15) is 55.5 Å². The molecule has 1 unspecified atom stereocenters. The van der Waals surface area contributed by atoms with Crippen LogP contribution in [0.3, 0.4) is 0 Å². The fourth-order valence-corrected chi connectivity index (χ4v) is 2.33. The number of carbonyl (C=O) groups is 4. The van der Waals surface area contributed by atoms with Gasteiger partial charge in [0.2, 0.25) is 5.76 Å². The lowest BCUT2D eigenvalue weighted by Crippen LogP contribution is -2.50. The Morgan fingerprint density at radius 2 is 1.62 bits per heavy atom. The highest BCUT2D eigenvalue weighted by Crippen LogP contribution is 2.23. The molecule has 0 spiro atoms. The van der Waals surface area contributed by atoms with E-state index in [4.69, 9.17) is 9.15 Å². The molecule has 0 saturated carbocycles. The van der Waals surface area contributed by atoms with Crippen LogP contribution in [-0.2, 0) is 9.53 Å². The van der Waals surface area contributed by atoms with E-state index in [1.807, 2.05) is 0 Å². The molecule has 8 nitrogen and oxygen atoms in total. The van der Waals surface area contributed by atoms with Crippen LogP contribution in [0, 0.1) is 0 Å². The van der Waals surface area contributed by atoms with Crippen LogP contribution < -0.4 is 10.6 Å². The van der Waals surface area contributed by atoms with Gasteiger partial charge >= 0.3 is 12.0 Å². The topological polar surface area (TPSA) is 115 Å². The van der Waals surface area contributed by atoms with E-state index in [9.17, 15) is 19.2 Å². The van der Waals surface area contributed by atoms with E-state index in [1.54, 1.807) is 51.1 Å². The Kier molecular flexibility index (Phi) is 6.58. The van der Waals surface area contributed by atoms with Gasteiger partial charge in [-0.3, -0.25) is 14.9 Å². The molecule has 8 heteroatoms. The average Bonchev–Trinajstić information content (AvgIpc) is 3.10. The molecule has 29 heavy (non-hydrogen) atoms. The van der Waals surface area contributed by atoms with Crippen molar-refractivity contribution in [3.05, 3.63) is 47.7 Å². The van der Waals surface area contributed by atoms with Crippen LogP contribution in [0.4, 0.5) is 4.79 Å². The number of ketones is 1. The van der Waals surface area contributed by atoms with Gasteiger partial charge in [-0.1, -0.05) is 24.3 Å². The van der Waals surface area contributed by atoms with Gasteiger partial charge in [0.25, 0.3) is 5.91 Å². The fraction of sp³-hybridized carbons (Fsp3) is 0.333. The van der Waals surface area contributed by atoms with Crippen molar-refractivity contribution < 1.29 is 28.3 Å². The molecule has 0 saturated heterocycles. The van der Waals surface area contributed by atoms with Crippen LogP contribution in [0.15, 0.2) is 40.8 Å². The largest absolute Gasteiger partial charge is 0.449 e. The minimum atomic E-state index is -1.20. The number of imide groups is 1. The fourth-order valence-electron chi connectivity index (χ4n) is 2.33. The summed E-state index contributed by atoms with van der Waals surface area (Å²) in [4.78, 5) is 47.3. The van der Waals surface area contributed by atoms with Crippen molar-refractivity contribution in [3.8, 4) is 11.3 Å². The van der Waals surface area contributed by atoms with E-state index < -0.39 is 29.6 Å². The number of amides is 3. The first-order valence-corrected chi connectivity index (χ1v) is 9.01. The highest BCUT2D eigenvalue weighted by molar-refractivity contribution is 5.98. The maximum Gasteiger partial charge on any atom is 0.375 e. The van der Waals surface area contributed by atoms with Gasteiger partial charge < -0.3 is 14.5 Å². The summed E-state index contributed by atoms with van der Waals surface area (Å²) in [5, 5.41) is 4.69. The number of Topliss-reactive ketones (excluding diaryl/α,β-unsaturated/α-hetero) is 1. The number of hydrogen-bond donors (Lipinski definition) is 2. The molecular weight excluding hydrogens is 376 g/mol. The van der Waals surface area contributed by atoms with Gasteiger partial charge in [-0.15, -0.1) is 0 Å². The van der Waals surface area contributed by atoms with Crippen molar-refractivity contribution in [2.24, 2.45) is 0 Å². The molecule has 1 aromatic carbocycles. The summed E-state index contributed by atoms with van der Waals surface area (Å²) in [7, 11) is 0. The number of urea groups is 1. The highest BCUT2D eigenvalue weighted by Gasteiger charge is 2.24. The third-order valence-electron chi connectivity index (χ3n) is 3.76. The summed E-state index contributed by atoms with van der Waals surface area (Å²) >= 11 is 0. The number of benzene rings is 1. The zero-order chi connectivity index (χ0) is 21.8. The summed E-state index contributed by atoms with van der Waals surface area (Å²) < 4.78 is 10.5. The molecule has 3 amide bonds. The number of nitrogens with one attached hydrogen (secondary N) is 2. The number of rotatable bonds is 5. The molecule has 0 aliphatic carbocycles. The molecule has 0 fully saturated rings. The van der Waals surface area contributed by atoms with Crippen molar-refractivity contribution in [2.75, 3.05) is 0 Å². The molecule has 0 aliphatic rings. The molecule has 154 valence electrons. The smallest absolute Gasteiger partial charge is 0.375 e. The predicted octanol–water partition coefficient (Wildman–Crippen LogP) is 3.32. The van der Waals surface area contributed by atoms with Gasteiger partial charge in [0.15, 0.2) is 11.9 Å². The van der Waals surface area contributed by atoms with Crippen LogP contribution in [-0.4, -0.2) is 35.3 Å². The third kappa shape index (κ3) is 6.31. The minimum Gasteiger partial charge on any atom is -0.449 e. The van der Waals surface area contributed by atoms with Crippen LogP contribution in [0.5, 0.6) is 0 Å². The monoisotopic (exact) mass is 400 g/mol. The molecule has 2 aromatic rings. The zero-order valence-electron chi connectivity index (χ0n) is 17.0. The Balaban J connectivity index is 1.98. The van der Waals surface area contributed by atoms with Crippen LogP contribution in [0.2, 0.25) is 0 Å². The SMILES string of the molecule is CC(=O)c1ccc(-c2ccc(C(=O)OC(C)C(=O)NC(=O)NC(C)(C)C)o2)cc1. The second kappa shape index (κ2) is 8.72. The molecule has 0 radical (unpaired) electrons. The first kappa shape index (κ1) is 21.9. The molecule has 2 rings (SSSR count). The van der Waals surface area contributed by atoms with Gasteiger partial charge in [0, 0.05) is 16.7 Å². The van der Waals surface area contributed by atoms with Crippen LogP contribution >= 0.6 is 0 Å². The number of esters is 1. The zero-order valence-corrected chi connectivity index (χ0v) is 17.0. The van der Waals surface area contributed by atoms with Gasteiger partial charge in [-0.25, -0.2) is 9.59 Å². The van der Waals surface area contributed by atoms with Gasteiger partial charge in [0.05, 0.1) is 0 Å². The molecule has 1 aromatic heterocycles. The number of hydrogen-bond acceptors (Lipinski definition) is 6. The molecule has 1 atom stereocenters. The normalized spacial score (nSPS) is 12.0. The number of carbonyl (C=O) groups excluding carboxylic acids is 4. The Labute approximate surface area is 168 Å². The standard InChI is InChI=1S/C21H24N2O6/c1-12(24)14-6-8-15(9-7-14)16-10-11-17(29-16)19(26)28-13(2)18(25)22-20(27)23-21(3,4)5/h6-11,13H,1-5H3,(H2,22,23,25,27). The maximum absolute atomic E-state index is 12.2. The molecule has 2 N–H and O–H groups in total. The lowest BCUT2D eigenvalue weighted by atomic mass is 10.1. The summed E-state index contributed by atoms with van der Waals surface area (Å²) in [6.45, 7) is 8.12. The maximum atomic E-state index is 12.2. The Morgan fingerprint density at radius 3 is 2.17 bits per heavy atom. The Hall–Kier alpha value is -3.42. The van der Waals surface area contributed by atoms with Gasteiger partial charge in [-0.05, 0) is 46.8 Å². The summed E-state index contributed by atoms with van der Waals surface area (Å²) in [6.07, 6.45) is -1.20. The quantitative estimate of drug-likeness (QED) is 0.588. The molecule has 0 bridgehead atoms. The summed E-state index contributed by atoms with van der Waals surface area (Å²) in [5.41, 5.74) is 0.728. The van der Waals surface area contributed by atoms with E-state index in [1.165, 1.54) is 19.9 Å². The second-order valence-electron chi connectivity index (χ2n) is 7.54. The van der Waals surface area contributed by atoms with Crippen LogP contribution in [0.25, 0.3) is 11.3 Å². The van der Waals surface area contributed by atoms with E-state index in [0.717, 1.165) is 0 Å². The predicted molar refractivity (Wildman–Crippen MR) is 105 cm³/mol. The Bertz CT molecular complexity index is 921. The van der Waals surface area contributed by atoms with Crippen molar-refractivity contribution in [2.45, 2.75) is 46.3 Å².